The highest BCUT2D eigenvalue weighted by Crippen LogP contribution is 2.22. The number of carboxylic acids is 1. The summed E-state index contributed by atoms with van der Waals surface area (Å²) in [6.45, 7) is 5.45. The Labute approximate surface area is 112 Å². The summed E-state index contributed by atoms with van der Waals surface area (Å²) >= 11 is 1.76. The first-order valence-corrected chi connectivity index (χ1v) is 7.59. The van der Waals surface area contributed by atoms with Gasteiger partial charge >= 0.3 is 12.0 Å². The summed E-state index contributed by atoms with van der Waals surface area (Å²) in [4.78, 5) is 24.5. The molecule has 2 N–H and O–H groups in total. The smallest absolute Gasteiger partial charge is 0.317 e. The first-order chi connectivity index (χ1) is 8.45. The van der Waals surface area contributed by atoms with Crippen LogP contribution in [0.15, 0.2) is 0 Å². The monoisotopic (exact) mass is 274 g/mol. The molecule has 0 aromatic carbocycles. The average molecular weight is 274 g/mol. The molecule has 0 radical (unpaired) electrons. The number of carbonyl (C=O) groups excluding carboxylic acids is 1. The molecule has 0 aliphatic carbocycles. The molecule has 1 aliphatic rings. The van der Waals surface area contributed by atoms with Gasteiger partial charge in [-0.25, -0.2) is 4.79 Å². The van der Waals surface area contributed by atoms with Crippen molar-refractivity contribution >= 4 is 23.8 Å². The molecule has 1 rings (SSSR count). The summed E-state index contributed by atoms with van der Waals surface area (Å²) in [5, 5.41) is 11.9. The third-order valence-corrected chi connectivity index (χ3v) is 4.17. The fraction of sp³-hybridized carbons (Fsp3) is 0.833. The molecule has 0 aromatic heterocycles. The van der Waals surface area contributed by atoms with Crippen LogP contribution in [0, 0.1) is 17.8 Å². The van der Waals surface area contributed by atoms with E-state index in [0.717, 1.165) is 5.75 Å². The van der Waals surface area contributed by atoms with Crippen LogP contribution in [0.25, 0.3) is 0 Å². The predicted octanol–water partition coefficient (Wildman–Crippen LogP) is 1.35. The molecular weight excluding hydrogens is 252 g/mol. The van der Waals surface area contributed by atoms with E-state index in [1.807, 2.05) is 13.2 Å². The minimum atomic E-state index is -0.812. The number of nitrogens with one attached hydrogen (secondary N) is 1. The lowest BCUT2D eigenvalue weighted by atomic mass is 9.99. The first-order valence-electron chi connectivity index (χ1n) is 6.20. The number of aliphatic carboxylic acids is 1. The molecular formula is C12H22N2O3S. The molecule has 3 atom stereocenters. The van der Waals surface area contributed by atoms with E-state index in [9.17, 15) is 9.59 Å². The number of urea groups is 1. The highest BCUT2D eigenvalue weighted by molar-refractivity contribution is 7.98. The van der Waals surface area contributed by atoms with Crippen molar-refractivity contribution in [2.45, 2.75) is 13.8 Å². The normalized spacial score (nSPS) is 24.9. The van der Waals surface area contributed by atoms with Crippen molar-refractivity contribution in [3.63, 3.8) is 0 Å². The van der Waals surface area contributed by atoms with Gasteiger partial charge in [0.15, 0.2) is 0 Å². The van der Waals surface area contributed by atoms with Crippen molar-refractivity contribution in [1.82, 2.24) is 10.2 Å². The maximum atomic E-state index is 11.9. The van der Waals surface area contributed by atoms with Gasteiger partial charge in [-0.3, -0.25) is 4.79 Å². The van der Waals surface area contributed by atoms with Crippen molar-refractivity contribution in [3.8, 4) is 0 Å². The second kappa shape index (κ2) is 6.87. The zero-order chi connectivity index (χ0) is 13.7. The Morgan fingerprint density at radius 1 is 1.50 bits per heavy atom. The number of rotatable bonds is 5. The fourth-order valence-corrected chi connectivity index (χ4v) is 2.86. The third kappa shape index (κ3) is 4.08. The second-order valence-corrected chi connectivity index (χ2v) is 5.98. The van der Waals surface area contributed by atoms with Crippen molar-refractivity contribution in [1.29, 1.82) is 0 Å². The Hall–Kier alpha value is -0.910. The first kappa shape index (κ1) is 15.1. The number of amides is 2. The molecule has 1 fully saturated rings. The van der Waals surface area contributed by atoms with Crippen LogP contribution in [0.2, 0.25) is 0 Å². The van der Waals surface area contributed by atoms with Gasteiger partial charge in [0.25, 0.3) is 0 Å². The van der Waals surface area contributed by atoms with Crippen molar-refractivity contribution in [3.05, 3.63) is 0 Å². The van der Waals surface area contributed by atoms with E-state index in [1.165, 1.54) is 0 Å². The molecule has 1 saturated heterocycles. The molecule has 3 unspecified atom stereocenters. The molecule has 104 valence electrons. The van der Waals surface area contributed by atoms with Gasteiger partial charge in [0.1, 0.15) is 0 Å². The highest BCUT2D eigenvalue weighted by Gasteiger charge is 2.36. The van der Waals surface area contributed by atoms with Gasteiger partial charge in [0, 0.05) is 19.6 Å². The summed E-state index contributed by atoms with van der Waals surface area (Å²) in [7, 11) is 0. The van der Waals surface area contributed by atoms with Crippen LogP contribution in [-0.2, 0) is 4.79 Å². The van der Waals surface area contributed by atoms with E-state index in [1.54, 1.807) is 16.7 Å². The summed E-state index contributed by atoms with van der Waals surface area (Å²) in [5.41, 5.74) is 0. The Bertz CT molecular complexity index is 312. The third-order valence-electron chi connectivity index (χ3n) is 3.27. The number of hydrogen-bond donors (Lipinski definition) is 2. The van der Waals surface area contributed by atoms with E-state index in [-0.39, 0.29) is 11.9 Å². The van der Waals surface area contributed by atoms with Crippen LogP contribution in [0.3, 0.4) is 0 Å². The van der Waals surface area contributed by atoms with Crippen LogP contribution in [0.1, 0.15) is 13.8 Å². The fourth-order valence-electron chi connectivity index (χ4n) is 2.17. The van der Waals surface area contributed by atoms with E-state index < -0.39 is 11.9 Å². The summed E-state index contributed by atoms with van der Waals surface area (Å²) in [6.07, 6.45) is 2.04. The Morgan fingerprint density at radius 2 is 2.17 bits per heavy atom. The zero-order valence-electron chi connectivity index (χ0n) is 11.2. The topological polar surface area (TPSA) is 69.6 Å². The minimum absolute atomic E-state index is 0.0249. The van der Waals surface area contributed by atoms with E-state index >= 15 is 0 Å². The molecule has 0 saturated carbocycles. The van der Waals surface area contributed by atoms with Crippen molar-refractivity contribution in [2.24, 2.45) is 17.8 Å². The van der Waals surface area contributed by atoms with Crippen LogP contribution in [0.4, 0.5) is 4.79 Å². The maximum Gasteiger partial charge on any atom is 0.317 e. The number of nitrogens with zero attached hydrogens (tertiary/aromatic N) is 1. The van der Waals surface area contributed by atoms with Gasteiger partial charge in [-0.2, -0.15) is 11.8 Å². The standard InChI is InChI=1S/C12H22N2O3S/c1-8(7-18-3)4-13-12(17)14-5-9(2)10(6-14)11(15)16/h8-10H,4-7H2,1-3H3,(H,13,17)(H,15,16). The highest BCUT2D eigenvalue weighted by atomic mass is 32.2. The SMILES string of the molecule is CSCC(C)CNC(=O)N1CC(C)C(C(=O)O)C1. The lowest BCUT2D eigenvalue weighted by Crippen LogP contribution is -2.41. The molecule has 2 amide bonds. The Kier molecular flexibility index (Phi) is 5.78. The van der Waals surface area contributed by atoms with Gasteiger partial charge in [-0.1, -0.05) is 13.8 Å². The van der Waals surface area contributed by atoms with Crippen LogP contribution in [0.5, 0.6) is 0 Å². The van der Waals surface area contributed by atoms with Gasteiger partial charge in [0.05, 0.1) is 5.92 Å². The van der Waals surface area contributed by atoms with E-state index in [0.29, 0.717) is 25.6 Å². The predicted molar refractivity (Wildman–Crippen MR) is 72.8 cm³/mol. The largest absolute Gasteiger partial charge is 0.481 e. The molecule has 5 nitrogen and oxygen atoms in total. The van der Waals surface area contributed by atoms with Gasteiger partial charge in [-0.05, 0) is 23.8 Å². The number of carbonyl (C=O) groups is 2. The molecule has 1 heterocycles. The van der Waals surface area contributed by atoms with Gasteiger partial charge in [0.2, 0.25) is 0 Å². The zero-order valence-corrected chi connectivity index (χ0v) is 12.0. The Morgan fingerprint density at radius 3 is 2.67 bits per heavy atom. The number of thioether (sulfide) groups is 1. The van der Waals surface area contributed by atoms with Crippen LogP contribution in [-0.4, -0.2) is 53.6 Å². The van der Waals surface area contributed by atoms with Crippen LogP contribution >= 0.6 is 11.8 Å². The number of carboxylic acid groups (broad SMARTS) is 1. The summed E-state index contributed by atoms with van der Waals surface area (Å²) < 4.78 is 0. The lowest BCUT2D eigenvalue weighted by molar-refractivity contribution is -0.142. The summed E-state index contributed by atoms with van der Waals surface area (Å²) in [6, 6.07) is -0.140. The Balaban J connectivity index is 2.38. The molecule has 6 heteroatoms. The quantitative estimate of drug-likeness (QED) is 0.794. The molecule has 0 aromatic rings. The number of hydrogen-bond acceptors (Lipinski definition) is 3. The van der Waals surface area contributed by atoms with E-state index in [2.05, 4.69) is 12.2 Å². The molecule has 18 heavy (non-hydrogen) atoms. The van der Waals surface area contributed by atoms with Gasteiger partial charge in [-0.15, -0.1) is 0 Å². The minimum Gasteiger partial charge on any atom is -0.481 e. The average Bonchev–Trinajstić information content (AvgIpc) is 2.69. The maximum absolute atomic E-state index is 11.9. The molecule has 0 bridgehead atoms. The number of likely N-dealkylation sites (tertiary alicyclic amines) is 1. The van der Waals surface area contributed by atoms with E-state index in [4.69, 9.17) is 5.11 Å². The van der Waals surface area contributed by atoms with Gasteiger partial charge < -0.3 is 15.3 Å². The second-order valence-electron chi connectivity index (χ2n) is 5.07. The molecule has 0 spiro atoms. The van der Waals surface area contributed by atoms with Crippen molar-refractivity contribution in [2.75, 3.05) is 31.6 Å². The van der Waals surface area contributed by atoms with Crippen LogP contribution < -0.4 is 5.32 Å². The molecule has 1 aliphatic heterocycles. The lowest BCUT2D eigenvalue weighted by Gasteiger charge is -2.18. The van der Waals surface area contributed by atoms with Crippen molar-refractivity contribution < 1.29 is 14.7 Å². The summed E-state index contributed by atoms with van der Waals surface area (Å²) in [5.74, 6) is 0.220.